The van der Waals surface area contributed by atoms with E-state index in [0.717, 1.165) is 42.9 Å². The van der Waals surface area contributed by atoms with Gasteiger partial charge in [0.2, 0.25) is 5.95 Å². The number of halogens is 1. The van der Waals surface area contributed by atoms with Crippen LogP contribution in [0.1, 0.15) is 59.3 Å². The van der Waals surface area contributed by atoms with Crippen molar-refractivity contribution in [3.8, 4) is 0 Å². The zero-order valence-corrected chi connectivity index (χ0v) is 24.7. The van der Waals surface area contributed by atoms with E-state index in [0.29, 0.717) is 22.5 Å². The fraction of sp³-hybridized carbons (Fsp3) is 0.407. The molecule has 11 nitrogen and oxygen atoms in total. The highest BCUT2D eigenvalue weighted by molar-refractivity contribution is 7.97. The third-order valence-corrected chi connectivity index (χ3v) is 7.89. The van der Waals surface area contributed by atoms with Crippen LogP contribution in [0.3, 0.4) is 0 Å². The minimum atomic E-state index is -0.349. The second kappa shape index (κ2) is 11.5. The molecule has 1 amide bonds. The van der Waals surface area contributed by atoms with Gasteiger partial charge in [-0.15, -0.1) is 0 Å². The number of fused-ring (bicyclic) bond motifs is 1. The first-order valence-electron chi connectivity index (χ1n) is 13.1. The second-order valence-electron chi connectivity index (χ2n) is 10.0. The zero-order chi connectivity index (χ0) is 28.6. The highest BCUT2D eigenvalue weighted by atomic mass is 35.5. The highest BCUT2D eigenvalue weighted by Crippen LogP contribution is 2.31. The van der Waals surface area contributed by atoms with Crippen LogP contribution in [0.15, 0.2) is 35.4 Å². The van der Waals surface area contributed by atoms with Crippen LogP contribution in [-0.4, -0.2) is 54.6 Å². The number of pyridine rings is 1. The van der Waals surface area contributed by atoms with Gasteiger partial charge in [0.1, 0.15) is 17.3 Å². The van der Waals surface area contributed by atoms with Crippen LogP contribution in [0.25, 0.3) is 10.9 Å². The number of carbonyl (C=O) groups excluding carboxylic acids is 1. The van der Waals surface area contributed by atoms with E-state index in [1.165, 1.54) is 11.9 Å². The third-order valence-electron chi connectivity index (χ3n) is 7.29. The largest absolute Gasteiger partial charge is 0.377 e. The van der Waals surface area contributed by atoms with Gasteiger partial charge in [-0.3, -0.25) is 18.9 Å². The molecule has 3 aromatic heterocycles. The van der Waals surface area contributed by atoms with Crippen molar-refractivity contribution < 1.29 is 4.79 Å². The van der Waals surface area contributed by atoms with Crippen molar-refractivity contribution in [1.29, 1.82) is 0 Å². The van der Waals surface area contributed by atoms with Crippen LogP contribution >= 0.6 is 23.5 Å². The average Bonchev–Trinajstić information content (AvgIpc) is 3.37. The molecule has 1 aromatic carbocycles. The van der Waals surface area contributed by atoms with Crippen molar-refractivity contribution >= 4 is 52.0 Å². The number of nitrogens with one attached hydrogen (secondary N) is 2. The van der Waals surface area contributed by atoms with Gasteiger partial charge in [-0.2, -0.15) is 5.10 Å². The molecule has 0 radical (unpaired) electrons. The molecule has 4 aromatic rings. The van der Waals surface area contributed by atoms with E-state index in [9.17, 15) is 9.59 Å². The van der Waals surface area contributed by atoms with E-state index in [1.807, 2.05) is 37.6 Å². The summed E-state index contributed by atoms with van der Waals surface area (Å²) < 4.78 is 6.32. The van der Waals surface area contributed by atoms with Gasteiger partial charge in [0.25, 0.3) is 11.5 Å². The van der Waals surface area contributed by atoms with E-state index < -0.39 is 0 Å². The number of piperidine rings is 1. The van der Waals surface area contributed by atoms with Gasteiger partial charge in [-0.05, 0) is 57.4 Å². The maximum absolute atomic E-state index is 13.6. The standard InChI is InChI=1S/C27H32ClN9O2S/c1-15-12-19(16(2)31-21-6-7-22(28)32-24(21)25(38)34-40-5)23-20(13-15)26(39)35(4)27(33-23)36-10-8-18(9-11-36)37-17(3)29-14-30-37/h6-7,12-14,16,18,31H,8-11H2,1-5H3,(H,34,38). The van der Waals surface area contributed by atoms with E-state index in [1.54, 1.807) is 36.3 Å². The minimum absolute atomic E-state index is 0.0976. The average molecular weight is 582 g/mol. The Morgan fingerprint density at radius 1 is 1.18 bits per heavy atom. The number of aromatic nitrogens is 6. The summed E-state index contributed by atoms with van der Waals surface area (Å²) in [5, 5.41) is 8.57. The summed E-state index contributed by atoms with van der Waals surface area (Å²) in [5.74, 6) is 1.19. The summed E-state index contributed by atoms with van der Waals surface area (Å²) in [6.07, 6.45) is 5.11. The fourth-order valence-corrected chi connectivity index (χ4v) is 5.74. The summed E-state index contributed by atoms with van der Waals surface area (Å²) in [7, 11) is 1.78. The van der Waals surface area contributed by atoms with Crippen LogP contribution in [0.2, 0.25) is 5.15 Å². The first-order valence-corrected chi connectivity index (χ1v) is 14.7. The van der Waals surface area contributed by atoms with Gasteiger partial charge >= 0.3 is 0 Å². The van der Waals surface area contributed by atoms with E-state index in [4.69, 9.17) is 16.6 Å². The van der Waals surface area contributed by atoms with Crippen molar-refractivity contribution in [3.05, 3.63) is 68.7 Å². The molecule has 40 heavy (non-hydrogen) atoms. The molecular weight excluding hydrogens is 550 g/mol. The third kappa shape index (κ3) is 5.37. The second-order valence-corrected chi connectivity index (χ2v) is 11.0. The first-order chi connectivity index (χ1) is 19.2. The van der Waals surface area contributed by atoms with Gasteiger partial charge in [-0.1, -0.05) is 29.6 Å². The van der Waals surface area contributed by atoms with Crippen LogP contribution in [0.5, 0.6) is 0 Å². The summed E-state index contributed by atoms with van der Waals surface area (Å²) in [4.78, 5) is 42.0. The molecule has 4 heterocycles. The Morgan fingerprint density at radius 2 is 1.93 bits per heavy atom. The van der Waals surface area contributed by atoms with Gasteiger partial charge in [-0.25, -0.2) is 19.6 Å². The van der Waals surface area contributed by atoms with Gasteiger partial charge in [0, 0.05) is 32.0 Å². The molecular formula is C27H32ClN9O2S. The van der Waals surface area contributed by atoms with Gasteiger partial charge in [0.05, 0.1) is 28.7 Å². The normalized spacial score (nSPS) is 14.9. The number of hydrogen-bond donors (Lipinski definition) is 2. The lowest BCUT2D eigenvalue weighted by Gasteiger charge is -2.34. The summed E-state index contributed by atoms with van der Waals surface area (Å²) in [6, 6.07) is 7.26. The molecule has 0 saturated carbocycles. The summed E-state index contributed by atoms with van der Waals surface area (Å²) >= 11 is 7.28. The molecule has 1 unspecified atom stereocenters. The topological polar surface area (TPSA) is 123 Å². The Hall–Kier alpha value is -3.64. The van der Waals surface area contributed by atoms with Crippen molar-refractivity contribution in [2.45, 2.75) is 45.7 Å². The van der Waals surface area contributed by atoms with Crippen molar-refractivity contribution in [1.82, 2.24) is 34.0 Å². The maximum atomic E-state index is 13.6. The lowest BCUT2D eigenvalue weighted by Crippen LogP contribution is -2.39. The molecule has 1 aliphatic heterocycles. The van der Waals surface area contributed by atoms with E-state index in [2.05, 4.69) is 30.0 Å². The van der Waals surface area contributed by atoms with E-state index in [-0.39, 0.29) is 34.4 Å². The fourth-order valence-electron chi connectivity index (χ4n) is 5.31. The number of aryl methyl sites for hydroxylation is 2. The molecule has 1 saturated heterocycles. The quantitative estimate of drug-likeness (QED) is 0.244. The van der Waals surface area contributed by atoms with Gasteiger partial charge in [0.15, 0.2) is 5.69 Å². The zero-order valence-electron chi connectivity index (χ0n) is 23.1. The number of rotatable bonds is 7. The Labute approximate surface area is 241 Å². The molecule has 5 rings (SSSR count). The van der Waals surface area contributed by atoms with Crippen LogP contribution in [0.4, 0.5) is 11.6 Å². The monoisotopic (exact) mass is 581 g/mol. The molecule has 1 aliphatic rings. The van der Waals surface area contributed by atoms with Crippen molar-refractivity contribution in [2.24, 2.45) is 7.05 Å². The number of benzene rings is 1. The Balaban J connectivity index is 1.49. The number of carbonyl (C=O) groups is 1. The minimum Gasteiger partial charge on any atom is -0.377 e. The lowest BCUT2D eigenvalue weighted by molar-refractivity contribution is 0.0980. The van der Waals surface area contributed by atoms with Gasteiger partial charge < -0.3 is 10.2 Å². The Morgan fingerprint density at radius 3 is 2.60 bits per heavy atom. The molecule has 1 fully saturated rings. The summed E-state index contributed by atoms with van der Waals surface area (Å²) in [6.45, 7) is 7.39. The Bertz CT molecular complexity index is 1630. The number of nitrogens with zero attached hydrogens (tertiary/aromatic N) is 7. The van der Waals surface area contributed by atoms with Crippen molar-refractivity contribution in [2.75, 3.05) is 29.6 Å². The highest BCUT2D eigenvalue weighted by Gasteiger charge is 2.26. The number of anilines is 2. The first kappa shape index (κ1) is 27.9. The predicted molar refractivity (Wildman–Crippen MR) is 159 cm³/mol. The molecule has 0 spiro atoms. The predicted octanol–water partition coefficient (Wildman–Crippen LogP) is 4.21. The van der Waals surface area contributed by atoms with Crippen LogP contribution in [0, 0.1) is 13.8 Å². The van der Waals surface area contributed by atoms with Crippen molar-refractivity contribution in [3.63, 3.8) is 0 Å². The summed E-state index contributed by atoms with van der Waals surface area (Å²) in [5.41, 5.74) is 3.07. The maximum Gasteiger partial charge on any atom is 0.281 e. The number of amides is 1. The molecule has 13 heteroatoms. The molecule has 1 atom stereocenters. The molecule has 0 bridgehead atoms. The molecule has 210 valence electrons. The van der Waals surface area contributed by atoms with Crippen LogP contribution < -0.4 is 20.5 Å². The Kier molecular flexibility index (Phi) is 7.99. The number of hydrogen-bond acceptors (Lipinski definition) is 9. The SMILES string of the molecule is CSNC(=O)c1nc(Cl)ccc1NC(C)c1cc(C)cc2c(=O)n(C)c(N3CCC(n4ncnc4C)CC3)nc12. The smallest absolute Gasteiger partial charge is 0.281 e. The van der Waals surface area contributed by atoms with Crippen LogP contribution in [-0.2, 0) is 7.05 Å². The molecule has 2 N–H and O–H groups in total. The lowest BCUT2D eigenvalue weighted by atomic mass is 10.0. The molecule has 0 aliphatic carbocycles. The van der Waals surface area contributed by atoms with E-state index >= 15 is 0 Å².